The first-order chi connectivity index (χ1) is 11.7. The zero-order chi connectivity index (χ0) is 17.2. The van der Waals surface area contributed by atoms with Crippen molar-refractivity contribution in [2.75, 3.05) is 20.3 Å². The van der Waals surface area contributed by atoms with Gasteiger partial charge in [0.2, 0.25) is 5.91 Å². The fourth-order valence-corrected chi connectivity index (χ4v) is 2.88. The number of methoxy groups -OCH3 is 1. The van der Waals surface area contributed by atoms with Gasteiger partial charge in [0, 0.05) is 12.6 Å². The molecule has 0 radical (unpaired) electrons. The number of carbonyl (C=O) groups excluding carboxylic acids is 1. The molecule has 1 N–H and O–H groups in total. The molecule has 0 heterocycles. The van der Waals surface area contributed by atoms with Crippen LogP contribution in [0.4, 0.5) is 0 Å². The first kappa shape index (κ1) is 17.9. The summed E-state index contributed by atoms with van der Waals surface area (Å²) in [7, 11) is 1.54. The molecule has 0 unspecified atom stereocenters. The van der Waals surface area contributed by atoms with Crippen LogP contribution in [-0.2, 0) is 4.79 Å². The average Bonchev–Trinajstić information content (AvgIpc) is 2.64. The van der Waals surface area contributed by atoms with E-state index in [-0.39, 0.29) is 12.5 Å². The lowest BCUT2D eigenvalue weighted by Gasteiger charge is -2.21. The zero-order valence-corrected chi connectivity index (χ0v) is 14.1. The lowest BCUT2D eigenvalue weighted by Crippen LogP contribution is -2.28. The van der Waals surface area contributed by atoms with Crippen LogP contribution in [0, 0.1) is 17.2 Å². The van der Waals surface area contributed by atoms with E-state index in [0.717, 1.165) is 12.1 Å². The summed E-state index contributed by atoms with van der Waals surface area (Å²) in [5.74, 6) is 1.59. The highest BCUT2D eigenvalue weighted by atomic mass is 16.5. The fourth-order valence-electron chi connectivity index (χ4n) is 2.88. The summed E-state index contributed by atoms with van der Waals surface area (Å²) in [6.45, 7) is 0.725. The minimum absolute atomic E-state index is 0.0326. The number of nitrogens with zero attached hydrogens (tertiary/aromatic N) is 1. The van der Waals surface area contributed by atoms with Gasteiger partial charge in [0.05, 0.1) is 7.11 Å². The topological polar surface area (TPSA) is 71.3 Å². The number of hydrogen-bond donors (Lipinski definition) is 1. The summed E-state index contributed by atoms with van der Waals surface area (Å²) in [6.07, 6.45) is 9.57. The molecule has 5 nitrogen and oxygen atoms in total. The lowest BCUT2D eigenvalue weighted by atomic mass is 9.89. The van der Waals surface area contributed by atoms with Crippen molar-refractivity contribution in [1.29, 1.82) is 5.26 Å². The number of rotatable bonds is 7. The summed E-state index contributed by atoms with van der Waals surface area (Å²) in [6, 6.07) is 7.25. The standard InChI is InChI=1S/C19H24N2O3/c1-23-18-13-15(7-9-17(18)24-12-11-20)8-10-19(22)21-14-16-5-3-2-4-6-16/h7-10,13,16H,2-6,12,14H2,1H3,(H,21,22)/b10-8+. The van der Waals surface area contributed by atoms with Crippen molar-refractivity contribution in [2.45, 2.75) is 32.1 Å². The van der Waals surface area contributed by atoms with E-state index >= 15 is 0 Å². The lowest BCUT2D eigenvalue weighted by molar-refractivity contribution is -0.116. The van der Waals surface area contributed by atoms with E-state index in [0.29, 0.717) is 17.4 Å². The Morgan fingerprint density at radius 1 is 1.33 bits per heavy atom. The van der Waals surface area contributed by atoms with Gasteiger partial charge in [0.25, 0.3) is 0 Å². The molecule has 24 heavy (non-hydrogen) atoms. The Labute approximate surface area is 143 Å². The number of amides is 1. The van der Waals surface area contributed by atoms with Crippen LogP contribution in [0.15, 0.2) is 24.3 Å². The molecule has 0 spiro atoms. The zero-order valence-electron chi connectivity index (χ0n) is 14.1. The molecule has 1 aliphatic carbocycles. The van der Waals surface area contributed by atoms with Crippen molar-refractivity contribution in [3.05, 3.63) is 29.8 Å². The summed E-state index contributed by atoms with van der Waals surface area (Å²) in [5, 5.41) is 11.5. The van der Waals surface area contributed by atoms with Gasteiger partial charge < -0.3 is 14.8 Å². The summed E-state index contributed by atoms with van der Waals surface area (Å²) >= 11 is 0. The first-order valence-corrected chi connectivity index (χ1v) is 8.36. The third-order valence-corrected chi connectivity index (χ3v) is 4.20. The van der Waals surface area contributed by atoms with Gasteiger partial charge in [-0.1, -0.05) is 25.3 Å². The Morgan fingerprint density at radius 3 is 2.83 bits per heavy atom. The van der Waals surface area contributed by atoms with E-state index in [1.54, 1.807) is 25.3 Å². The smallest absolute Gasteiger partial charge is 0.244 e. The van der Waals surface area contributed by atoms with Crippen LogP contribution in [0.1, 0.15) is 37.7 Å². The monoisotopic (exact) mass is 328 g/mol. The highest BCUT2D eigenvalue weighted by Crippen LogP contribution is 2.28. The molecule has 5 heteroatoms. The Morgan fingerprint density at radius 2 is 2.12 bits per heavy atom. The average molecular weight is 328 g/mol. The number of ether oxygens (including phenoxy) is 2. The molecular weight excluding hydrogens is 304 g/mol. The second-order valence-electron chi connectivity index (χ2n) is 5.94. The van der Waals surface area contributed by atoms with Crippen molar-refractivity contribution >= 4 is 12.0 Å². The molecule has 0 bridgehead atoms. The van der Waals surface area contributed by atoms with Crippen molar-refractivity contribution in [3.8, 4) is 17.6 Å². The van der Waals surface area contributed by atoms with E-state index in [2.05, 4.69) is 5.32 Å². The molecule has 2 rings (SSSR count). The summed E-state index contributed by atoms with van der Waals surface area (Å²) < 4.78 is 10.5. The first-order valence-electron chi connectivity index (χ1n) is 8.36. The quantitative estimate of drug-likeness (QED) is 0.780. The fraction of sp³-hybridized carbons (Fsp3) is 0.474. The van der Waals surface area contributed by atoms with Crippen molar-refractivity contribution in [2.24, 2.45) is 5.92 Å². The Balaban J connectivity index is 1.88. The van der Waals surface area contributed by atoms with E-state index in [4.69, 9.17) is 14.7 Å². The second kappa shape index (κ2) is 9.61. The van der Waals surface area contributed by atoms with Gasteiger partial charge in [0.15, 0.2) is 18.1 Å². The van der Waals surface area contributed by atoms with Crippen LogP contribution in [0.3, 0.4) is 0 Å². The molecule has 0 aromatic heterocycles. The number of nitrogens with one attached hydrogen (secondary N) is 1. The molecule has 1 aromatic rings. The molecule has 1 amide bonds. The van der Waals surface area contributed by atoms with Gasteiger partial charge in [-0.15, -0.1) is 0 Å². The summed E-state index contributed by atoms with van der Waals surface area (Å²) in [5.41, 5.74) is 0.837. The predicted molar refractivity (Wildman–Crippen MR) is 92.7 cm³/mol. The molecule has 1 saturated carbocycles. The molecule has 1 aromatic carbocycles. The van der Waals surface area contributed by atoms with Crippen molar-refractivity contribution in [1.82, 2.24) is 5.32 Å². The minimum atomic E-state index is -0.0793. The third kappa shape index (κ3) is 5.62. The van der Waals surface area contributed by atoms with Crippen LogP contribution < -0.4 is 14.8 Å². The van der Waals surface area contributed by atoms with Gasteiger partial charge in [-0.3, -0.25) is 4.79 Å². The normalized spacial score (nSPS) is 15.0. The van der Waals surface area contributed by atoms with Gasteiger partial charge in [-0.25, -0.2) is 0 Å². The molecule has 0 atom stereocenters. The van der Waals surface area contributed by atoms with Crippen LogP contribution >= 0.6 is 0 Å². The maximum atomic E-state index is 11.9. The third-order valence-electron chi connectivity index (χ3n) is 4.20. The molecule has 0 aliphatic heterocycles. The Hall–Kier alpha value is -2.48. The maximum Gasteiger partial charge on any atom is 0.244 e. The second-order valence-corrected chi connectivity index (χ2v) is 5.94. The number of benzene rings is 1. The van der Waals surface area contributed by atoms with Crippen LogP contribution in [0.2, 0.25) is 0 Å². The number of carbonyl (C=O) groups is 1. The predicted octanol–water partition coefficient (Wildman–Crippen LogP) is 3.31. The highest BCUT2D eigenvalue weighted by molar-refractivity contribution is 5.91. The SMILES string of the molecule is COc1cc(/C=C/C(=O)NCC2CCCCC2)ccc1OCC#N. The molecule has 0 saturated heterocycles. The van der Waals surface area contributed by atoms with E-state index in [1.165, 1.54) is 38.2 Å². The molecule has 128 valence electrons. The molecule has 1 fully saturated rings. The minimum Gasteiger partial charge on any atom is -0.493 e. The Kier molecular flexibility index (Phi) is 7.16. The Bertz CT molecular complexity index is 614. The van der Waals surface area contributed by atoms with Gasteiger partial charge in [-0.05, 0) is 42.5 Å². The summed E-state index contributed by atoms with van der Waals surface area (Å²) in [4.78, 5) is 11.9. The van der Waals surface area contributed by atoms with Crippen molar-refractivity contribution < 1.29 is 14.3 Å². The van der Waals surface area contributed by atoms with Gasteiger partial charge in [0.1, 0.15) is 6.07 Å². The van der Waals surface area contributed by atoms with Gasteiger partial charge >= 0.3 is 0 Å². The highest BCUT2D eigenvalue weighted by Gasteiger charge is 2.13. The maximum absolute atomic E-state index is 11.9. The number of hydrogen-bond acceptors (Lipinski definition) is 4. The molecule has 1 aliphatic rings. The molecular formula is C19H24N2O3. The van der Waals surface area contributed by atoms with Crippen molar-refractivity contribution in [3.63, 3.8) is 0 Å². The van der Waals surface area contributed by atoms with Crippen LogP contribution in [0.25, 0.3) is 6.08 Å². The van der Waals surface area contributed by atoms with Crippen LogP contribution in [0.5, 0.6) is 11.5 Å². The van der Waals surface area contributed by atoms with Crippen LogP contribution in [-0.4, -0.2) is 26.2 Å². The van der Waals surface area contributed by atoms with E-state index in [9.17, 15) is 4.79 Å². The van der Waals surface area contributed by atoms with E-state index in [1.807, 2.05) is 12.1 Å². The van der Waals surface area contributed by atoms with E-state index < -0.39 is 0 Å². The van der Waals surface area contributed by atoms with Gasteiger partial charge in [-0.2, -0.15) is 5.26 Å². The number of nitriles is 1. The largest absolute Gasteiger partial charge is 0.493 e.